The molecule has 1 heterocycles. The number of amides is 1. The van der Waals surface area contributed by atoms with Crippen molar-refractivity contribution in [2.45, 2.75) is 32.4 Å². The molecule has 22 heavy (non-hydrogen) atoms. The van der Waals surface area contributed by atoms with E-state index in [-0.39, 0.29) is 17.8 Å². The van der Waals surface area contributed by atoms with E-state index in [0.29, 0.717) is 23.8 Å². The van der Waals surface area contributed by atoms with Crippen LogP contribution in [-0.4, -0.2) is 37.0 Å². The van der Waals surface area contributed by atoms with E-state index in [1.165, 1.54) is 26.0 Å². The summed E-state index contributed by atoms with van der Waals surface area (Å²) in [5, 5.41) is 3.07. The van der Waals surface area contributed by atoms with Crippen LogP contribution in [0.25, 0.3) is 0 Å². The van der Waals surface area contributed by atoms with Crippen LogP contribution in [-0.2, 0) is 11.3 Å². The standard InChI is InChI=1S/C17H23FN2O2/c1-11(21)19-17-10-20(9-15(17)12-3-4-12)8-13-5-6-14(22-2)7-16(13)18/h5-7,12,15,17H,3-4,8-10H2,1-2H3,(H,19,21)/t15-,17+/m0/s1. The summed E-state index contributed by atoms with van der Waals surface area (Å²) < 4.78 is 19.1. The van der Waals surface area contributed by atoms with Crippen molar-refractivity contribution in [3.8, 4) is 5.75 Å². The second-order valence-corrected chi connectivity index (χ2v) is 6.46. The molecule has 5 heteroatoms. The summed E-state index contributed by atoms with van der Waals surface area (Å²) in [7, 11) is 1.53. The predicted octanol–water partition coefficient (Wildman–Crippen LogP) is 2.18. The van der Waals surface area contributed by atoms with Crippen molar-refractivity contribution in [2.24, 2.45) is 11.8 Å². The average Bonchev–Trinajstić information content (AvgIpc) is 3.24. The van der Waals surface area contributed by atoms with Crippen molar-refractivity contribution in [3.63, 3.8) is 0 Å². The van der Waals surface area contributed by atoms with E-state index < -0.39 is 0 Å². The molecular formula is C17H23FN2O2. The van der Waals surface area contributed by atoms with Gasteiger partial charge in [-0.25, -0.2) is 4.39 Å². The van der Waals surface area contributed by atoms with Gasteiger partial charge in [0.15, 0.2) is 0 Å². The van der Waals surface area contributed by atoms with E-state index in [0.717, 1.165) is 19.0 Å². The zero-order valence-electron chi connectivity index (χ0n) is 13.1. The van der Waals surface area contributed by atoms with E-state index in [2.05, 4.69) is 10.2 Å². The van der Waals surface area contributed by atoms with Crippen molar-refractivity contribution in [3.05, 3.63) is 29.6 Å². The molecule has 0 radical (unpaired) electrons. The molecule has 1 N–H and O–H groups in total. The van der Waals surface area contributed by atoms with Gasteiger partial charge in [-0.3, -0.25) is 9.69 Å². The zero-order valence-corrected chi connectivity index (χ0v) is 13.1. The van der Waals surface area contributed by atoms with Crippen LogP contribution >= 0.6 is 0 Å². The Labute approximate surface area is 130 Å². The van der Waals surface area contributed by atoms with Gasteiger partial charge >= 0.3 is 0 Å². The van der Waals surface area contributed by atoms with E-state index >= 15 is 0 Å². The Balaban J connectivity index is 1.66. The Morgan fingerprint density at radius 1 is 1.41 bits per heavy atom. The van der Waals surface area contributed by atoms with Crippen LogP contribution in [0, 0.1) is 17.7 Å². The zero-order chi connectivity index (χ0) is 15.7. The van der Waals surface area contributed by atoms with Gasteiger partial charge in [-0.05, 0) is 30.7 Å². The predicted molar refractivity (Wildman–Crippen MR) is 82.0 cm³/mol. The molecular weight excluding hydrogens is 283 g/mol. The molecule has 0 spiro atoms. The summed E-state index contributed by atoms with van der Waals surface area (Å²) >= 11 is 0. The first-order chi connectivity index (χ1) is 10.6. The second-order valence-electron chi connectivity index (χ2n) is 6.46. The Morgan fingerprint density at radius 2 is 2.18 bits per heavy atom. The molecule has 1 aromatic carbocycles. The van der Waals surface area contributed by atoms with Crippen molar-refractivity contribution < 1.29 is 13.9 Å². The molecule has 1 aliphatic heterocycles. The van der Waals surface area contributed by atoms with Crippen LogP contribution in [0.2, 0.25) is 0 Å². The van der Waals surface area contributed by atoms with Gasteiger partial charge in [0.25, 0.3) is 0 Å². The van der Waals surface area contributed by atoms with Crippen LogP contribution in [0.4, 0.5) is 4.39 Å². The fourth-order valence-electron chi connectivity index (χ4n) is 3.48. The molecule has 0 unspecified atom stereocenters. The fraction of sp³-hybridized carbons (Fsp3) is 0.588. The number of carbonyl (C=O) groups excluding carboxylic acids is 1. The van der Waals surface area contributed by atoms with Crippen molar-refractivity contribution in [1.29, 1.82) is 0 Å². The molecule has 1 saturated heterocycles. The van der Waals surface area contributed by atoms with Gasteiger partial charge in [0.1, 0.15) is 11.6 Å². The maximum absolute atomic E-state index is 14.1. The molecule has 0 aromatic heterocycles. The number of nitrogens with one attached hydrogen (secondary N) is 1. The lowest BCUT2D eigenvalue weighted by atomic mass is 9.98. The first kappa shape index (κ1) is 15.3. The van der Waals surface area contributed by atoms with E-state index in [4.69, 9.17) is 4.74 Å². The van der Waals surface area contributed by atoms with Crippen LogP contribution in [0.5, 0.6) is 5.75 Å². The number of nitrogens with zero attached hydrogens (tertiary/aromatic N) is 1. The molecule has 1 saturated carbocycles. The quantitative estimate of drug-likeness (QED) is 0.906. The van der Waals surface area contributed by atoms with Crippen molar-refractivity contribution >= 4 is 5.91 Å². The van der Waals surface area contributed by atoms with Gasteiger partial charge in [-0.2, -0.15) is 0 Å². The maximum atomic E-state index is 14.1. The number of benzene rings is 1. The van der Waals surface area contributed by atoms with E-state index in [1.54, 1.807) is 19.1 Å². The smallest absolute Gasteiger partial charge is 0.217 e. The van der Waals surface area contributed by atoms with Gasteiger partial charge in [-0.15, -0.1) is 0 Å². The van der Waals surface area contributed by atoms with Crippen molar-refractivity contribution in [2.75, 3.05) is 20.2 Å². The highest BCUT2D eigenvalue weighted by atomic mass is 19.1. The Hall–Kier alpha value is -1.62. The van der Waals surface area contributed by atoms with Gasteiger partial charge in [0.05, 0.1) is 7.11 Å². The molecule has 0 bridgehead atoms. The highest BCUT2D eigenvalue weighted by molar-refractivity contribution is 5.73. The lowest BCUT2D eigenvalue weighted by Gasteiger charge is -2.18. The lowest BCUT2D eigenvalue weighted by molar-refractivity contribution is -0.119. The van der Waals surface area contributed by atoms with Gasteiger partial charge in [0, 0.05) is 44.2 Å². The monoisotopic (exact) mass is 306 g/mol. The molecule has 120 valence electrons. The molecule has 2 aliphatic rings. The molecule has 3 rings (SSSR count). The summed E-state index contributed by atoms with van der Waals surface area (Å²) in [4.78, 5) is 13.6. The third-order valence-electron chi connectivity index (χ3n) is 4.71. The van der Waals surface area contributed by atoms with Gasteiger partial charge < -0.3 is 10.1 Å². The SMILES string of the molecule is COc1ccc(CN2C[C@@H](NC(C)=O)[C@H](C3CC3)C2)c(F)c1. The van der Waals surface area contributed by atoms with E-state index in [9.17, 15) is 9.18 Å². The first-order valence-corrected chi connectivity index (χ1v) is 7.88. The summed E-state index contributed by atoms with van der Waals surface area (Å²) in [6, 6.07) is 5.20. The number of hydrogen-bond acceptors (Lipinski definition) is 3. The highest BCUT2D eigenvalue weighted by Crippen LogP contribution is 2.41. The molecule has 1 amide bonds. The van der Waals surface area contributed by atoms with Gasteiger partial charge in [0.2, 0.25) is 5.91 Å². The lowest BCUT2D eigenvalue weighted by Crippen LogP contribution is -2.39. The number of likely N-dealkylation sites (tertiary alicyclic amines) is 1. The number of hydrogen-bond donors (Lipinski definition) is 1. The average molecular weight is 306 g/mol. The fourth-order valence-corrected chi connectivity index (χ4v) is 3.48. The number of carbonyl (C=O) groups is 1. The number of ether oxygens (including phenoxy) is 1. The first-order valence-electron chi connectivity index (χ1n) is 7.88. The highest BCUT2D eigenvalue weighted by Gasteiger charge is 2.42. The summed E-state index contributed by atoms with van der Waals surface area (Å²) in [5.74, 6) is 1.56. The minimum Gasteiger partial charge on any atom is -0.497 e. The van der Waals surface area contributed by atoms with E-state index in [1.807, 2.05) is 0 Å². The summed E-state index contributed by atoms with van der Waals surface area (Å²) in [6.45, 7) is 3.87. The summed E-state index contributed by atoms with van der Waals surface area (Å²) in [5.41, 5.74) is 0.679. The number of methoxy groups -OCH3 is 1. The molecule has 1 aromatic rings. The van der Waals surface area contributed by atoms with Crippen molar-refractivity contribution in [1.82, 2.24) is 10.2 Å². The Morgan fingerprint density at radius 3 is 2.77 bits per heavy atom. The Bertz CT molecular complexity index is 560. The normalized spacial score (nSPS) is 25.2. The third kappa shape index (κ3) is 3.40. The topological polar surface area (TPSA) is 41.6 Å². The largest absolute Gasteiger partial charge is 0.497 e. The van der Waals surface area contributed by atoms with Crippen LogP contribution in [0.15, 0.2) is 18.2 Å². The molecule has 4 nitrogen and oxygen atoms in total. The molecule has 2 atom stereocenters. The van der Waals surface area contributed by atoms with Crippen LogP contribution in [0.3, 0.4) is 0 Å². The summed E-state index contributed by atoms with van der Waals surface area (Å²) in [6.07, 6.45) is 2.51. The molecule has 1 aliphatic carbocycles. The van der Waals surface area contributed by atoms with Crippen LogP contribution in [0.1, 0.15) is 25.3 Å². The maximum Gasteiger partial charge on any atom is 0.217 e. The number of rotatable bonds is 5. The van der Waals surface area contributed by atoms with Crippen LogP contribution < -0.4 is 10.1 Å². The number of halogens is 1. The molecule has 2 fully saturated rings. The minimum absolute atomic E-state index is 0.0214. The second kappa shape index (κ2) is 6.24. The minimum atomic E-state index is -0.231. The Kier molecular flexibility index (Phi) is 4.34. The third-order valence-corrected chi connectivity index (χ3v) is 4.71. The van der Waals surface area contributed by atoms with Gasteiger partial charge in [-0.1, -0.05) is 6.07 Å².